The van der Waals surface area contributed by atoms with Crippen LogP contribution in [0.4, 0.5) is 0 Å². The van der Waals surface area contributed by atoms with Crippen molar-refractivity contribution in [1.29, 1.82) is 0 Å². The number of rotatable bonds is 17. The average Bonchev–Trinajstić information content (AvgIpc) is 2.56. The molecule has 1 unspecified atom stereocenters. The van der Waals surface area contributed by atoms with E-state index >= 15 is 0 Å². The maximum atomic E-state index is 11.8. The third-order valence-electron chi connectivity index (χ3n) is 4.69. The Morgan fingerprint density at radius 1 is 0.962 bits per heavy atom. The summed E-state index contributed by atoms with van der Waals surface area (Å²) in [5.74, 6) is 0.156. The molecule has 0 heterocycles. The zero-order chi connectivity index (χ0) is 19.0. The molecule has 0 spiro atoms. The van der Waals surface area contributed by atoms with E-state index in [1.165, 1.54) is 44.9 Å². The van der Waals surface area contributed by atoms with Crippen molar-refractivity contribution in [3.05, 3.63) is 0 Å². The van der Waals surface area contributed by atoms with E-state index in [1.54, 1.807) is 0 Å². The Kier molecular flexibility index (Phi) is 19.3. The quantitative estimate of drug-likeness (QED) is 0.237. The van der Waals surface area contributed by atoms with E-state index < -0.39 is 6.10 Å². The Morgan fingerprint density at radius 3 is 2.04 bits per heavy atom. The molecule has 1 amide bonds. The minimum atomic E-state index is -0.670. The van der Waals surface area contributed by atoms with Crippen LogP contribution in [0.1, 0.15) is 77.6 Å². The minimum Gasteiger partial charge on any atom is -1.00 e. The SMILES string of the molecule is CCCCCCCCCCCC(=O)NCCC[N+](C)(C)CC(O)CO.[Cl-]. The second-order valence-electron chi connectivity index (χ2n) is 7.96. The van der Waals surface area contributed by atoms with Gasteiger partial charge in [0.25, 0.3) is 0 Å². The van der Waals surface area contributed by atoms with Gasteiger partial charge in [0.1, 0.15) is 12.6 Å². The number of aliphatic hydroxyl groups excluding tert-OH is 2. The van der Waals surface area contributed by atoms with Crippen LogP contribution in [0.25, 0.3) is 0 Å². The summed E-state index contributed by atoms with van der Waals surface area (Å²) < 4.78 is 0.649. The molecule has 158 valence electrons. The molecule has 0 aliphatic carbocycles. The monoisotopic (exact) mass is 394 g/mol. The van der Waals surface area contributed by atoms with E-state index in [9.17, 15) is 9.90 Å². The standard InChI is InChI=1S/C20H42N2O3.ClH/c1-4-5-6-7-8-9-10-11-12-14-20(25)21-15-13-16-22(2,3)17-19(24)18-23;/h19,23-24H,4-18H2,1-3H3;1H. The summed E-state index contributed by atoms with van der Waals surface area (Å²) in [5, 5.41) is 21.4. The molecular weight excluding hydrogens is 352 g/mol. The lowest BCUT2D eigenvalue weighted by Crippen LogP contribution is -3.00. The highest BCUT2D eigenvalue weighted by atomic mass is 35.5. The molecule has 0 rings (SSSR count). The number of aliphatic hydroxyl groups is 2. The van der Waals surface area contributed by atoms with Crippen molar-refractivity contribution in [2.75, 3.05) is 40.3 Å². The fourth-order valence-electron chi connectivity index (χ4n) is 3.14. The van der Waals surface area contributed by atoms with E-state index in [0.29, 0.717) is 24.0 Å². The largest absolute Gasteiger partial charge is 1.00 e. The lowest BCUT2D eigenvalue weighted by atomic mass is 10.1. The van der Waals surface area contributed by atoms with Crippen molar-refractivity contribution >= 4 is 5.91 Å². The van der Waals surface area contributed by atoms with Gasteiger partial charge in [0.05, 0.1) is 27.2 Å². The van der Waals surface area contributed by atoms with Crippen LogP contribution in [0.5, 0.6) is 0 Å². The summed E-state index contributed by atoms with van der Waals surface area (Å²) >= 11 is 0. The van der Waals surface area contributed by atoms with Crippen molar-refractivity contribution in [2.45, 2.75) is 83.7 Å². The lowest BCUT2D eigenvalue weighted by Gasteiger charge is -2.31. The second kappa shape index (κ2) is 18.0. The number of hydrogen-bond acceptors (Lipinski definition) is 3. The van der Waals surface area contributed by atoms with Crippen LogP contribution in [0, 0.1) is 0 Å². The van der Waals surface area contributed by atoms with E-state index in [-0.39, 0.29) is 24.9 Å². The first kappa shape index (κ1) is 27.9. The van der Waals surface area contributed by atoms with Crippen LogP contribution < -0.4 is 17.7 Å². The average molecular weight is 395 g/mol. The fraction of sp³-hybridized carbons (Fsp3) is 0.950. The van der Waals surface area contributed by atoms with Gasteiger partial charge in [-0.1, -0.05) is 58.3 Å². The van der Waals surface area contributed by atoms with Crippen LogP contribution in [-0.4, -0.2) is 67.0 Å². The van der Waals surface area contributed by atoms with Crippen LogP contribution >= 0.6 is 0 Å². The molecule has 0 saturated heterocycles. The van der Waals surface area contributed by atoms with Crippen molar-refractivity contribution in [3.63, 3.8) is 0 Å². The molecule has 1 atom stereocenters. The number of quaternary nitrogens is 1. The normalized spacial score (nSPS) is 12.5. The number of carbonyl (C=O) groups excluding carboxylic acids is 1. The first-order valence-corrected chi connectivity index (χ1v) is 10.3. The molecule has 0 aliphatic rings. The van der Waals surface area contributed by atoms with Gasteiger partial charge in [0.2, 0.25) is 5.91 Å². The Hall–Kier alpha value is -0.360. The van der Waals surface area contributed by atoms with E-state index in [2.05, 4.69) is 12.2 Å². The van der Waals surface area contributed by atoms with Crippen molar-refractivity contribution < 1.29 is 31.9 Å². The Morgan fingerprint density at radius 2 is 1.50 bits per heavy atom. The van der Waals surface area contributed by atoms with Crippen LogP contribution in [0.3, 0.4) is 0 Å². The third-order valence-corrected chi connectivity index (χ3v) is 4.69. The van der Waals surface area contributed by atoms with Crippen molar-refractivity contribution in [3.8, 4) is 0 Å². The molecule has 3 N–H and O–H groups in total. The maximum Gasteiger partial charge on any atom is 0.219 e. The highest BCUT2D eigenvalue weighted by Gasteiger charge is 2.19. The third kappa shape index (κ3) is 18.4. The summed E-state index contributed by atoms with van der Waals surface area (Å²) in [6.07, 6.45) is 12.3. The Bertz CT molecular complexity index is 328. The molecule has 0 bridgehead atoms. The zero-order valence-electron chi connectivity index (χ0n) is 17.3. The number of halogens is 1. The molecule has 5 nitrogen and oxygen atoms in total. The van der Waals surface area contributed by atoms with Gasteiger partial charge in [0.15, 0.2) is 0 Å². The summed E-state index contributed by atoms with van der Waals surface area (Å²) in [4.78, 5) is 11.8. The maximum absolute atomic E-state index is 11.8. The predicted octanol–water partition coefficient (Wildman–Crippen LogP) is -0.153. The number of likely N-dealkylation sites (N-methyl/N-ethyl adjacent to an activating group) is 1. The number of nitrogens with zero attached hydrogens (tertiary/aromatic N) is 1. The van der Waals surface area contributed by atoms with Gasteiger partial charge < -0.3 is 32.4 Å². The van der Waals surface area contributed by atoms with Gasteiger partial charge in [-0.2, -0.15) is 0 Å². The lowest BCUT2D eigenvalue weighted by molar-refractivity contribution is -0.893. The van der Waals surface area contributed by atoms with Gasteiger partial charge in [-0.25, -0.2) is 0 Å². The van der Waals surface area contributed by atoms with E-state index in [4.69, 9.17) is 5.11 Å². The number of amides is 1. The number of hydrogen-bond donors (Lipinski definition) is 3. The van der Waals surface area contributed by atoms with Gasteiger partial charge in [0, 0.05) is 19.4 Å². The first-order valence-electron chi connectivity index (χ1n) is 10.3. The molecular formula is C20H43ClN2O3. The highest BCUT2D eigenvalue weighted by Crippen LogP contribution is 2.10. The molecule has 0 aromatic rings. The van der Waals surface area contributed by atoms with Crippen LogP contribution in [0.2, 0.25) is 0 Å². The summed E-state index contributed by atoms with van der Waals surface area (Å²) in [6, 6.07) is 0. The number of nitrogens with one attached hydrogen (secondary N) is 1. The molecule has 0 fully saturated rings. The van der Waals surface area contributed by atoms with Gasteiger partial charge >= 0.3 is 0 Å². The topological polar surface area (TPSA) is 69.6 Å². The zero-order valence-corrected chi connectivity index (χ0v) is 18.1. The summed E-state index contributed by atoms with van der Waals surface area (Å²) in [6.45, 7) is 4.13. The fourth-order valence-corrected chi connectivity index (χ4v) is 3.14. The summed E-state index contributed by atoms with van der Waals surface area (Å²) in [5.41, 5.74) is 0. The summed E-state index contributed by atoms with van der Waals surface area (Å²) in [7, 11) is 4.06. The molecule has 26 heavy (non-hydrogen) atoms. The van der Waals surface area contributed by atoms with Gasteiger partial charge in [-0.05, 0) is 6.42 Å². The van der Waals surface area contributed by atoms with Crippen LogP contribution in [-0.2, 0) is 4.79 Å². The first-order chi connectivity index (χ1) is 11.9. The molecule has 6 heteroatoms. The van der Waals surface area contributed by atoms with Crippen molar-refractivity contribution in [1.82, 2.24) is 5.32 Å². The Labute approximate surface area is 167 Å². The predicted molar refractivity (Wildman–Crippen MR) is 104 cm³/mol. The molecule has 0 aromatic heterocycles. The highest BCUT2D eigenvalue weighted by molar-refractivity contribution is 5.75. The minimum absolute atomic E-state index is 0. The van der Waals surface area contributed by atoms with Crippen LogP contribution in [0.15, 0.2) is 0 Å². The molecule has 0 saturated carbocycles. The smallest absolute Gasteiger partial charge is 0.219 e. The molecule has 0 aromatic carbocycles. The molecule has 0 aliphatic heterocycles. The van der Waals surface area contributed by atoms with Crippen molar-refractivity contribution in [2.24, 2.45) is 0 Å². The number of carbonyl (C=O) groups is 1. The van der Waals surface area contributed by atoms with Gasteiger partial charge in [-0.3, -0.25) is 4.79 Å². The molecule has 0 radical (unpaired) electrons. The van der Waals surface area contributed by atoms with E-state index in [1.807, 2.05) is 14.1 Å². The van der Waals surface area contributed by atoms with E-state index in [0.717, 1.165) is 25.8 Å². The Balaban J connectivity index is 0. The van der Waals surface area contributed by atoms with Gasteiger partial charge in [-0.15, -0.1) is 0 Å². The number of unbranched alkanes of at least 4 members (excludes halogenated alkanes) is 8. The second-order valence-corrected chi connectivity index (χ2v) is 7.96.